The second-order valence-electron chi connectivity index (χ2n) is 14.8. The normalized spacial score (nSPS) is 14.9. The fourth-order valence-corrected chi connectivity index (χ4v) is 7.79. The molecule has 1 heteroatoms. The molecule has 0 bridgehead atoms. The van der Waals surface area contributed by atoms with Crippen LogP contribution in [0.3, 0.4) is 0 Å². The van der Waals surface area contributed by atoms with Crippen LogP contribution >= 0.6 is 0 Å². The standard InChI is InChI=1S/C47H43N.C6H6.C2H6/c1-33-24-31-46(43-21-14-13-19-39(33)43)48(38-27-25-37(26-28-38)36-17-10-6-7-11-18-36)45-23-16-22-40(35(45)3)41-29-30-44-42(34(41)2)20-12-8-9-15-32-47(44,4)5;1-2-4-6-5-3-1;1-2/h6,8-19,21-31H,20,32H2,1-5H3;1-6H;1-2H3/b12-8-,15-9-;;. The third-order valence-electron chi connectivity index (χ3n) is 10.8. The highest BCUT2D eigenvalue weighted by Gasteiger charge is 2.26. The van der Waals surface area contributed by atoms with E-state index in [0.29, 0.717) is 0 Å². The van der Waals surface area contributed by atoms with Crippen molar-refractivity contribution in [3.05, 3.63) is 221 Å². The lowest BCUT2D eigenvalue weighted by atomic mass is 9.76. The lowest BCUT2D eigenvalue weighted by Crippen LogP contribution is -2.19. The zero-order chi connectivity index (χ0) is 39.5. The summed E-state index contributed by atoms with van der Waals surface area (Å²) >= 11 is 0. The fourth-order valence-electron chi connectivity index (χ4n) is 7.79. The number of hydrogen-bond acceptors (Lipinski definition) is 1. The molecule has 0 radical (unpaired) electrons. The molecule has 1 nitrogen and oxygen atoms in total. The molecule has 0 N–H and O–H groups in total. The van der Waals surface area contributed by atoms with E-state index in [1.807, 2.05) is 68.5 Å². The van der Waals surface area contributed by atoms with Crippen molar-refractivity contribution in [2.24, 2.45) is 0 Å². The number of rotatable bonds is 5. The Kier molecular flexibility index (Phi) is 13.0. The summed E-state index contributed by atoms with van der Waals surface area (Å²) in [4.78, 5) is 2.45. The van der Waals surface area contributed by atoms with Crippen molar-refractivity contribution in [2.45, 2.75) is 66.7 Å². The smallest absolute Gasteiger partial charge is 0.0540 e. The Morgan fingerprint density at radius 2 is 1.25 bits per heavy atom. The molecule has 2 aliphatic carbocycles. The molecule has 0 aliphatic heterocycles. The maximum absolute atomic E-state index is 3.17. The van der Waals surface area contributed by atoms with E-state index in [1.54, 1.807) is 0 Å². The molecule has 8 rings (SSSR count). The second-order valence-corrected chi connectivity index (χ2v) is 14.8. The van der Waals surface area contributed by atoms with Gasteiger partial charge in [0.1, 0.15) is 0 Å². The van der Waals surface area contributed by atoms with Crippen LogP contribution in [0.4, 0.5) is 17.1 Å². The zero-order valence-electron chi connectivity index (χ0n) is 34.2. The fraction of sp³-hybridized carbons (Fsp3) is 0.182. The summed E-state index contributed by atoms with van der Waals surface area (Å²) in [6.45, 7) is 15.6. The summed E-state index contributed by atoms with van der Waals surface area (Å²) in [5.41, 5.74) is 18.5. The first-order valence-electron chi connectivity index (χ1n) is 20.1. The van der Waals surface area contributed by atoms with Gasteiger partial charge in [0.05, 0.1) is 5.69 Å². The van der Waals surface area contributed by atoms with Crippen LogP contribution in [0.25, 0.3) is 27.5 Å². The molecule has 0 atom stereocenters. The Balaban J connectivity index is 0.000000600. The van der Waals surface area contributed by atoms with Gasteiger partial charge in [0, 0.05) is 16.8 Å². The van der Waals surface area contributed by atoms with E-state index in [4.69, 9.17) is 0 Å². The summed E-state index contributed by atoms with van der Waals surface area (Å²) < 4.78 is 0. The van der Waals surface area contributed by atoms with Crippen molar-refractivity contribution in [1.29, 1.82) is 0 Å². The number of anilines is 3. The molecule has 0 fully saturated rings. The predicted molar refractivity (Wildman–Crippen MR) is 245 cm³/mol. The van der Waals surface area contributed by atoms with Crippen LogP contribution in [0.1, 0.15) is 67.5 Å². The molecule has 2 aliphatic rings. The first kappa shape index (κ1) is 39.6. The third kappa shape index (κ3) is 8.71. The maximum Gasteiger partial charge on any atom is 0.0540 e. The Hall–Kier alpha value is -6.14. The zero-order valence-corrected chi connectivity index (χ0v) is 34.2. The van der Waals surface area contributed by atoms with Gasteiger partial charge in [0.2, 0.25) is 0 Å². The Bertz CT molecular complexity index is 2430. The highest BCUT2D eigenvalue weighted by Crippen LogP contribution is 2.45. The molecule has 0 spiro atoms. The van der Waals surface area contributed by atoms with Crippen molar-refractivity contribution in [3.63, 3.8) is 0 Å². The lowest BCUT2D eigenvalue weighted by Gasteiger charge is -2.31. The van der Waals surface area contributed by atoms with Gasteiger partial charge >= 0.3 is 0 Å². The van der Waals surface area contributed by atoms with Gasteiger partial charge < -0.3 is 4.90 Å². The van der Waals surface area contributed by atoms with Crippen LogP contribution in [0.15, 0.2) is 188 Å². The van der Waals surface area contributed by atoms with Crippen molar-refractivity contribution in [2.75, 3.05) is 4.90 Å². The lowest BCUT2D eigenvalue weighted by molar-refractivity contribution is 0.529. The van der Waals surface area contributed by atoms with Crippen molar-refractivity contribution in [1.82, 2.24) is 0 Å². The SMILES string of the molecule is CC.Cc1c(-c2ccc3c(c2C)C/C=C\C=C/CC3(C)C)cccc1N(c1ccc(C2=CC=C=CC=C2)cc1)c1ccc(C)c2ccccc12.c1ccccc1. The van der Waals surface area contributed by atoms with Gasteiger partial charge in [0.25, 0.3) is 0 Å². The Morgan fingerprint density at radius 3 is 1.98 bits per heavy atom. The summed E-state index contributed by atoms with van der Waals surface area (Å²) in [6, 6.07) is 45.9. The summed E-state index contributed by atoms with van der Waals surface area (Å²) in [7, 11) is 0. The minimum Gasteiger partial charge on any atom is -0.310 e. The third-order valence-corrected chi connectivity index (χ3v) is 10.8. The Morgan fingerprint density at radius 1 is 0.571 bits per heavy atom. The quantitative estimate of drug-likeness (QED) is 0.160. The van der Waals surface area contributed by atoms with Gasteiger partial charge in [-0.1, -0.05) is 167 Å². The summed E-state index contributed by atoms with van der Waals surface area (Å²) in [5.74, 6) is 0. The molecule has 0 saturated carbocycles. The minimum absolute atomic E-state index is 0.0723. The van der Waals surface area contributed by atoms with Gasteiger partial charge in [-0.25, -0.2) is 0 Å². The van der Waals surface area contributed by atoms with Crippen LogP contribution in [-0.2, 0) is 11.8 Å². The van der Waals surface area contributed by atoms with Crippen LogP contribution in [0, 0.1) is 20.8 Å². The molecule has 0 saturated heterocycles. The van der Waals surface area contributed by atoms with E-state index < -0.39 is 0 Å². The molecule has 0 heterocycles. The van der Waals surface area contributed by atoms with E-state index in [-0.39, 0.29) is 5.41 Å². The molecule has 280 valence electrons. The van der Waals surface area contributed by atoms with Crippen molar-refractivity contribution < 1.29 is 0 Å². The second kappa shape index (κ2) is 18.5. The molecular weight excluding hydrogens is 675 g/mol. The van der Waals surface area contributed by atoms with Gasteiger partial charge in [0.15, 0.2) is 0 Å². The topological polar surface area (TPSA) is 3.24 Å². The molecule has 6 aromatic carbocycles. The molecule has 0 unspecified atom stereocenters. The van der Waals surface area contributed by atoms with Gasteiger partial charge in [-0.3, -0.25) is 0 Å². The molecule has 6 aromatic rings. The first-order chi connectivity index (χ1) is 27.3. The average molecular weight is 730 g/mol. The van der Waals surface area contributed by atoms with Crippen molar-refractivity contribution in [3.8, 4) is 11.1 Å². The Labute approximate surface area is 336 Å². The molecular formula is C55H55N. The van der Waals surface area contributed by atoms with Crippen LogP contribution in [-0.4, -0.2) is 0 Å². The van der Waals surface area contributed by atoms with Crippen LogP contribution in [0.5, 0.6) is 0 Å². The highest BCUT2D eigenvalue weighted by atomic mass is 15.1. The monoisotopic (exact) mass is 729 g/mol. The number of nitrogens with zero attached hydrogens (tertiary/aromatic N) is 1. The number of benzene rings is 6. The van der Waals surface area contributed by atoms with E-state index >= 15 is 0 Å². The average Bonchev–Trinajstić information content (AvgIpc) is 3.49. The number of fused-ring (bicyclic) bond motifs is 2. The largest absolute Gasteiger partial charge is 0.310 e. The molecule has 56 heavy (non-hydrogen) atoms. The van der Waals surface area contributed by atoms with Gasteiger partial charge in [-0.05, 0) is 137 Å². The van der Waals surface area contributed by atoms with E-state index in [0.717, 1.165) is 18.5 Å². The van der Waals surface area contributed by atoms with E-state index in [9.17, 15) is 0 Å². The first-order valence-corrected chi connectivity index (χ1v) is 20.1. The highest BCUT2D eigenvalue weighted by molar-refractivity contribution is 6.01. The van der Waals surface area contributed by atoms with Gasteiger partial charge in [-0.15, -0.1) is 5.73 Å². The summed E-state index contributed by atoms with van der Waals surface area (Å²) in [6.07, 6.45) is 21.2. The van der Waals surface area contributed by atoms with Gasteiger partial charge in [-0.2, -0.15) is 0 Å². The summed E-state index contributed by atoms with van der Waals surface area (Å²) in [5, 5.41) is 2.52. The minimum atomic E-state index is 0.0723. The number of allylic oxidation sites excluding steroid dienone is 9. The van der Waals surface area contributed by atoms with Crippen LogP contribution in [0.2, 0.25) is 0 Å². The van der Waals surface area contributed by atoms with Crippen LogP contribution < -0.4 is 4.90 Å². The predicted octanol–water partition coefficient (Wildman–Crippen LogP) is 15.6. The molecule has 0 aromatic heterocycles. The number of aryl methyl sites for hydroxylation is 1. The number of hydrogen-bond donors (Lipinski definition) is 0. The van der Waals surface area contributed by atoms with E-state index in [2.05, 4.69) is 173 Å². The maximum atomic E-state index is 3.17. The van der Waals surface area contributed by atoms with E-state index in [1.165, 1.54) is 72.2 Å². The molecule has 0 amide bonds. The van der Waals surface area contributed by atoms with Crippen molar-refractivity contribution >= 4 is 33.4 Å².